The van der Waals surface area contributed by atoms with Crippen LogP contribution in [0.1, 0.15) is 6.92 Å². The molecule has 0 aliphatic carbocycles. The average Bonchev–Trinajstić information content (AvgIpc) is 2.55. The number of rotatable bonds is 6. The smallest absolute Gasteiger partial charge is 0.293 e. The molecule has 0 radical (unpaired) electrons. The van der Waals surface area contributed by atoms with Gasteiger partial charge >= 0.3 is 0 Å². The molecule has 0 aliphatic heterocycles. The molecule has 0 aliphatic rings. The zero-order valence-electron chi connectivity index (χ0n) is 13.3. The summed E-state index contributed by atoms with van der Waals surface area (Å²) in [4.78, 5) is 13.6. The van der Waals surface area contributed by atoms with Gasteiger partial charge in [-0.1, -0.05) is 0 Å². The van der Waals surface area contributed by atoms with E-state index in [0.717, 1.165) is 12.1 Å². The number of nitro groups is 1. The van der Waals surface area contributed by atoms with Gasteiger partial charge in [0.05, 0.1) is 23.8 Å². The normalized spacial score (nSPS) is 11.8. The van der Waals surface area contributed by atoms with Gasteiger partial charge in [0.25, 0.3) is 15.7 Å². The fraction of sp³-hybridized carbons (Fsp3) is 0.133. The van der Waals surface area contributed by atoms with Crippen molar-refractivity contribution in [1.82, 2.24) is 0 Å². The van der Waals surface area contributed by atoms with E-state index in [2.05, 4.69) is 9.71 Å². The molecule has 0 fully saturated rings. The van der Waals surface area contributed by atoms with Crippen molar-refractivity contribution in [2.24, 2.45) is 4.99 Å². The highest BCUT2D eigenvalue weighted by Crippen LogP contribution is 2.30. The lowest BCUT2D eigenvalue weighted by Gasteiger charge is -2.10. The van der Waals surface area contributed by atoms with Crippen LogP contribution in [0, 0.1) is 10.1 Å². The van der Waals surface area contributed by atoms with Crippen molar-refractivity contribution in [3.63, 3.8) is 0 Å². The molecule has 25 heavy (non-hydrogen) atoms. The molecule has 0 amide bonds. The first-order valence-corrected chi connectivity index (χ1v) is 8.39. The summed E-state index contributed by atoms with van der Waals surface area (Å²) in [6.45, 7) is 1.29. The Morgan fingerprint density at radius 1 is 1.20 bits per heavy atom. The lowest BCUT2D eigenvalue weighted by Crippen LogP contribution is -2.14. The van der Waals surface area contributed by atoms with Crippen LogP contribution in [-0.2, 0) is 10.0 Å². The van der Waals surface area contributed by atoms with Gasteiger partial charge in [-0.15, -0.1) is 0 Å². The van der Waals surface area contributed by atoms with E-state index in [9.17, 15) is 23.6 Å². The molecule has 0 saturated carbocycles. The van der Waals surface area contributed by atoms with E-state index >= 15 is 0 Å². The Morgan fingerprint density at radius 2 is 1.84 bits per heavy atom. The first-order chi connectivity index (χ1) is 11.7. The molecular weight excluding hydrogens is 350 g/mol. The number of nitrogens with one attached hydrogen (secondary N) is 1. The van der Waals surface area contributed by atoms with Crippen molar-refractivity contribution >= 4 is 33.0 Å². The van der Waals surface area contributed by atoms with Crippen molar-refractivity contribution in [2.75, 3.05) is 11.8 Å². The topological polar surface area (TPSA) is 134 Å². The third kappa shape index (κ3) is 4.44. The lowest BCUT2D eigenvalue weighted by molar-refractivity contribution is -0.387. The largest absolute Gasteiger partial charge is 0.862 e. The number of nitrogens with zero attached hydrogens (tertiary/aromatic N) is 2. The van der Waals surface area contributed by atoms with Crippen LogP contribution in [0.25, 0.3) is 0 Å². The molecule has 0 spiro atoms. The Bertz CT molecular complexity index is 919. The summed E-state index contributed by atoms with van der Waals surface area (Å²) in [5.74, 6) is -0.219. The number of hydrogen-bond acceptors (Lipinski definition) is 7. The van der Waals surface area contributed by atoms with Gasteiger partial charge in [0.2, 0.25) is 0 Å². The number of benzene rings is 2. The standard InChI is InChI=1S/C15H15N3O6S/c1-10(19)16-11-3-5-12(6-4-11)17-25(22,23)15-8-7-13(24-2)9-14(15)18(20)21/h3-9,17H,1-2H3,(H,16,19)/p-1. The molecule has 0 unspecified atom stereocenters. The minimum atomic E-state index is -4.19. The van der Waals surface area contributed by atoms with Gasteiger partial charge in [-0.05, 0) is 49.2 Å². The first-order valence-electron chi connectivity index (χ1n) is 6.90. The third-order valence-electron chi connectivity index (χ3n) is 3.06. The average molecular weight is 364 g/mol. The summed E-state index contributed by atoms with van der Waals surface area (Å²) in [6.07, 6.45) is 0. The molecule has 0 heterocycles. The Morgan fingerprint density at radius 3 is 2.36 bits per heavy atom. The second-order valence-corrected chi connectivity index (χ2v) is 6.52. The Balaban J connectivity index is 2.36. The molecule has 0 bridgehead atoms. The van der Waals surface area contributed by atoms with Crippen molar-refractivity contribution in [2.45, 2.75) is 11.8 Å². The first kappa shape index (κ1) is 18.2. The van der Waals surface area contributed by atoms with Crippen molar-refractivity contribution < 1.29 is 23.2 Å². The van der Waals surface area contributed by atoms with E-state index in [4.69, 9.17) is 4.74 Å². The number of ether oxygens (including phenoxy) is 1. The second kappa shape index (κ2) is 7.18. The molecule has 0 atom stereocenters. The Hall–Kier alpha value is -3.14. The summed E-state index contributed by atoms with van der Waals surface area (Å²) < 4.78 is 32.0. The quantitative estimate of drug-likeness (QED) is 0.359. The highest BCUT2D eigenvalue weighted by molar-refractivity contribution is 7.92. The van der Waals surface area contributed by atoms with E-state index in [1.54, 1.807) is 0 Å². The maximum Gasteiger partial charge on any atom is 0.293 e. The van der Waals surface area contributed by atoms with Crippen molar-refractivity contribution in [3.05, 3.63) is 52.6 Å². The third-order valence-corrected chi connectivity index (χ3v) is 4.49. The van der Waals surface area contributed by atoms with E-state index in [1.807, 2.05) is 0 Å². The predicted molar refractivity (Wildman–Crippen MR) is 89.7 cm³/mol. The fourth-order valence-electron chi connectivity index (χ4n) is 1.99. The van der Waals surface area contributed by atoms with Crippen LogP contribution < -0.4 is 14.6 Å². The van der Waals surface area contributed by atoms with Crippen molar-refractivity contribution in [1.29, 1.82) is 0 Å². The molecule has 2 rings (SSSR count). The zero-order chi connectivity index (χ0) is 18.6. The summed E-state index contributed by atoms with van der Waals surface area (Å²) in [7, 11) is -2.88. The fourth-order valence-corrected chi connectivity index (χ4v) is 3.20. The molecule has 2 aromatic rings. The highest BCUT2D eigenvalue weighted by atomic mass is 32.2. The predicted octanol–water partition coefficient (Wildman–Crippen LogP) is 1.81. The van der Waals surface area contributed by atoms with Crippen LogP contribution in [0.15, 0.2) is 52.4 Å². The van der Waals surface area contributed by atoms with Gasteiger partial charge < -0.3 is 9.84 Å². The van der Waals surface area contributed by atoms with E-state index < -0.39 is 25.5 Å². The number of sulfonamides is 1. The SMILES string of the molecule is COc1ccc(S(=O)(=O)Nc2ccc(N=C(C)[O-])cc2)c([N+](=O)[O-])c1. The molecule has 0 saturated heterocycles. The zero-order valence-corrected chi connectivity index (χ0v) is 14.1. The van der Waals surface area contributed by atoms with Gasteiger partial charge in [0.15, 0.2) is 4.90 Å². The number of aliphatic imine (C=N–C) groups is 1. The lowest BCUT2D eigenvalue weighted by atomic mass is 10.3. The van der Waals surface area contributed by atoms with Gasteiger partial charge in [0.1, 0.15) is 5.75 Å². The van der Waals surface area contributed by atoms with Crippen LogP contribution in [0.5, 0.6) is 5.75 Å². The van der Waals surface area contributed by atoms with Crippen LogP contribution in [0.2, 0.25) is 0 Å². The molecule has 10 heteroatoms. The summed E-state index contributed by atoms with van der Waals surface area (Å²) in [5, 5.41) is 22.1. The molecule has 0 aromatic heterocycles. The Labute approximate surface area is 143 Å². The second-order valence-electron chi connectivity index (χ2n) is 4.87. The van der Waals surface area contributed by atoms with Gasteiger partial charge in [-0.2, -0.15) is 0 Å². The van der Waals surface area contributed by atoms with Crippen molar-refractivity contribution in [3.8, 4) is 5.75 Å². The maximum atomic E-state index is 12.5. The number of methoxy groups -OCH3 is 1. The van der Waals surface area contributed by atoms with Gasteiger partial charge in [0, 0.05) is 5.69 Å². The summed E-state index contributed by atoms with van der Waals surface area (Å²) in [6, 6.07) is 9.13. The maximum absolute atomic E-state index is 12.5. The number of nitro benzene ring substituents is 1. The van der Waals surface area contributed by atoms with E-state index in [-0.39, 0.29) is 17.3 Å². The Kier molecular flexibility index (Phi) is 5.22. The summed E-state index contributed by atoms with van der Waals surface area (Å²) >= 11 is 0. The van der Waals surface area contributed by atoms with Crippen LogP contribution in [-0.4, -0.2) is 26.3 Å². The minimum absolute atomic E-state index is 0.167. The van der Waals surface area contributed by atoms with E-state index in [0.29, 0.717) is 5.69 Å². The number of hydrogen-bond donors (Lipinski definition) is 1. The van der Waals surface area contributed by atoms with Crippen LogP contribution in [0.4, 0.5) is 17.1 Å². The van der Waals surface area contributed by atoms with Gasteiger partial charge in [-0.3, -0.25) is 19.8 Å². The summed E-state index contributed by atoms with van der Waals surface area (Å²) in [5.41, 5.74) is -0.0615. The van der Waals surface area contributed by atoms with Crippen LogP contribution in [0.3, 0.4) is 0 Å². The molecular formula is C15H14N3O6S-. The van der Waals surface area contributed by atoms with Crippen LogP contribution >= 0.6 is 0 Å². The molecule has 1 N–H and O–H groups in total. The molecule has 2 aromatic carbocycles. The molecule has 132 valence electrons. The highest BCUT2D eigenvalue weighted by Gasteiger charge is 2.26. The van der Waals surface area contributed by atoms with E-state index in [1.165, 1.54) is 44.4 Å². The number of anilines is 1. The molecule has 9 nitrogen and oxygen atoms in total. The van der Waals surface area contributed by atoms with Gasteiger partial charge in [-0.25, -0.2) is 8.42 Å². The monoisotopic (exact) mass is 364 g/mol. The minimum Gasteiger partial charge on any atom is -0.862 e.